The average Bonchev–Trinajstić information content (AvgIpc) is 2.91. The second-order valence-corrected chi connectivity index (χ2v) is 14.2. The molecule has 2 aliphatic heterocycles. The van der Waals surface area contributed by atoms with E-state index in [9.17, 15) is 19.7 Å². The summed E-state index contributed by atoms with van der Waals surface area (Å²) in [5, 5.41) is 12.5. The zero-order chi connectivity index (χ0) is 29.8. The van der Waals surface area contributed by atoms with Gasteiger partial charge in [0.15, 0.2) is 11.6 Å². The van der Waals surface area contributed by atoms with Crippen LogP contribution in [0.25, 0.3) is 0 Å². The quantitative estimate of drug-likeness (QED) is 0.275. The van der Waals surface area contributed by atoms with E-state index < -0.39 is 5.92 Å². The molecule has 6 rings (SSSR count). The fourth-order valence-corrected chi connectivity index (χ4v) is 7.47. The molecule has 0 amide bonds. The molecule has 1 saturated heterocycles. The molecule has 2 aromatic rings. The zero-order valence-electron chi connectivity index (χ0n) is 25.1. The predicted molar refractivity (Wildman–Crippen MR) is 162 cm³/mol. The van der Waals surface area contributed by atoms with E-state index in [2.05, 4.69) is 56.9 Å². The van der Waals surface area contributed by atoms with Crippen LogP contribution in [-0.2, 0) is 20.7 Å². The van der Waals surface area contributed by atoms with Crippen molar-refractivity contribution in [3.63, 3.8) is 0 Å². The van der Waals surface area contributed by atoms with Crippen molar-refractivity contribution in [1.29, 1.82) is 0 Å². The highest BCUT2D eigenvalue weighted by molar-refractivity contribution is 6.06. The number of carbonyl (C=O) groups is 2. The largest absolute Gasteiger partial charge is 0.465 e. The molecule has 1 fully saturated rings. The van der Waals surface area contributed by atoms with Crippen LogP contribution in [0.4, 0.5) is 11.4 Å². The summed E-state index contributed by atoms with van der Waals surface area (Å²) in [5.41, 5.74) is 3.07. The molecule has 4 aliphatic rings. The monoisotopic (exact) mass is 568 g/mol. The number of hydrogen-bond donors (Lipinski definition) is 0. The van der Waals surface area contributed by atoms with Gasteiger partial charge in [0.2, 0.25) is 0 Å². The lowest BCUT2D eigenvalue weighted by atomic mass is 9.65. The third-order valence-electron chi connectivity index (χ3n) is 9.43. The number of nitrogens with zero attached hydrogens (tertiary/aromatic N) is 2. The van der Waals surface area contributed by atoms with Crippen LogP contribution >= 0.6 is 0 Å². The number of Topliss-reactive ketones (excluding diaryl/α,β-unsaturated/α-hetero) is 2. The molecule has 42 heavy (non-hydrogen) atoms. The summed E-state index contributed by atoms with van der Waals surface area (Å²) in [7, 11) is 0. The third kappa shape index (κ3) is 5.41. The van der Waals surface area contributed by atoms with Crippen molar-refractivity contribution in [2.24, 2.45) is 16.7 Å². The molecule has 2 aromatic carbocycles. The van der Waals surface area contributed by atoms with Gasteiger partial charge in [-0.1, -0.05) is 64.1 Å². The molecule has 7 nitrogen and oxygen atoms in total. The van der Waals surface area contributed by atoms with Crippen molar-refractivity contribution in [3.05, 3.63) is 92.4 Å². The van der Waals surface area contributed by atoms with Crippen molar-refractivity contribution >= 4 is 22.9 Å². The maximum atomic E-state index is 13.6. The maximum Gasteiger partial charge on any atom is 0.292 e. The lowest BCUT2D eigenvalue weighted by Gasteiger charge is -2.42. The second kappa shape index (κ2) is 10.5. The topological polar surface area (TPSA) is 89.8 Å². The molecule has 220 valence electrons. The Bertz CT molecular complexity index is 1460. The molecule has 2 heterocycles. The number of benzene rings is 2. The zero-order valence-corrected chi connectivity index (χ0v) is 25.1. The molecule has 0 radical (unpaired) electrons. The summed E-state index contributed by atoms with van der Waals surface area (Å²) in [6.45, 7) is 9.71. The molecule has 0 unspecified atom stereocenters. The van der Waals surface area contributed by atoms with Gasteiger partial charge in [-0.15, -0.1) is 0 Å². The van der Waals surface area contributed by atoms with Crippen LogP contribution in [0.5, 0.6) is 0 Å². The first-order chi connectivity index (χ1) is 19.9. The van der Waals surface area contributed by atoms with Gasteiger partial charge in [-0.2, -0.15) is 0 Å². The SMILES string of the molecule is CC1(C)CC(=O)C2=C(C1)OC1=C(C(=O)CC(C)(C)C1)C2c1ccc(N2CCC(Cc3ccccc3)CC2)c([N+](=O)[O-])c1. The predicted octanol–water partition coefficient (Wildman–Crippen LogP) is 7.45. The van der Waals surface area contributed by atoms with Gasteiger partial charge in [0.05, 0.1) is 4.92 Å². The number of ether oxygens (including phenoxy) is 1. The van der Waals surface area contributed by atoms with Crippen molar-refractivity contribution in [3.8, 4) is 0 Å². The smallest absolute Gasteiger partial charge is 0.292 e. The van der Waals surface area contributed by atoms with Crippen LogP contribution in [-0.4, -0.2) is 29.6 Å². The lowest BCUT2D eigenvalue weighted by molar-refractivity contribution is -0.384. The molecule has 0 bridgehead atoms. The highest BCUT2D eigenvalue weighted by Gasteiger charge is 2.48. The molecule has 7 heteroatoms. The van der Waals surface area contributed by atoms with Crippen molar-refractivity contribution in [2.45, 2.75) is 78.6 Å². The fourth-order valence-electron chi connectivity index (χ4n) is 7.47. The average molecular weight is 569 g/mol. The maximum absolute atomic E-state index is 13.6. The number of carbonyl (C=O) groups excluding carboxylic acids is 2. The Hall–Kier alpha value is -3.74. The van der Waals surface area contributed by atoms with Gasteiger partial charge in [0.1, 0.15) is 17.2 Å². The second-order valence-electron chi connectivity index (χ2n) is 14.2. The summed E-state index contributed by atoms with van der Waals surface area (Å²) < 4.78 is 6.38. The van der Waals surface area contributed by atoms with Crippen LogP contribution in [0.15, 0.2) is 71.2 Å². The van der Waals surface area contributed by atoms with Crippen LogP contribution in [0.1, 0.15) is 83.3 Å². The first-order valence-corrected chi connectivity index (χ1v) is 15.2. The molecule has 0 saturated carbocycles. The Balaban J connectivity index is 1.34. The highest BCUT2D eigenvalue weighted by Crippen LogP contribution is 2.54. The summed E-state index contributed by atoms with van der Waals surface area (Å²) in [5.74, 6) is 1.07. The Morgan fingerprint density at radius 3 is 1.98 bits per heavy atom. The number of hydrogen-bond acceptors (Lipinski definition) is 6. The minimum atomic E-state index is -0.639. The molecule has 0 spiro atoms. The van der Waals surface area contributed by atoms with Gasteiger partial charge in [0.25, 0.3) is 5.69 Å². The highest BCUT2D eigenvalue weighted by atomic mass is 16.6. The van der Waals surface area contributed by atoms with Crippen LogP contribution in [0, 0.1) is 26.9 Å². The Kier molecular flexibility index (Phi) is 7.11. The number of anilines is 1. The normalized spacial score (nSPS) is 22.5. The van der Waals surface area contributed by atoms with Crippen LogP contribution in [0.3, 0.4) is 0 Å². The number of allylic oxidation sites excluding steroid dienone is 4. The summed E-state index contributed by atoms with van der Waals surface area (Å²) >= 11 is 0. The van der Waals surface area contributed by atoms with Gasteiger partial charge in [-0.3, -0.25) is 19.7 Å². The van der Waals surface area contributed by atoms with Gasteiger partial charge < -0.3 is 9.64 Å². The van der Waals surface area contributed by atoms with E-state index in [1.807, 2.05) is 18.2 Å². The van der Waals surface area contributed by atoms with E-state index in [1.54, 1.807) is 6.07 Å². The Morgan fingerprint density at radius 2 is 1.43 bits per heavy atom. The number of nitro groups is 1. The van der Waals surface area contributed by atoms with E-state index >= 15 is 0 Å². The molecular weight excluding hydrogens is 528 g/mol. The lowest BCUT2D eigenvalue weighted by Crippen LogP contribution is -2.37. The van der Waals surface area contributed by atoms with E-state index in [4.69, 9.17) is 4.74 Å². The van der Waals surface area contributed by atoms with E-state index in [1.165, 1.54) is 5.56 Å². The molecule has 0 atom stereocenters. The minimum Gasteiger partial charge on any atom is -0.465 e. The first-order valence-electron chi connectivity index (χ1n) is 15.2. The van der Waals surface area contributed by atoms with Gasteiger partial charge in [-0.25, -0.2) is 0 Å². The van der Waals surface area contributed by atoms with Crippen molar-refractivity contribution < 1.29 is 19.2 Å². The van der Waals surface area contributed by atoms with Crippen molar-refractivity contribution in [2.75, 3.05) is 18.0 Å². The fraction of sp³-hybridized carbons (Fsp3) is 0.486. The Labute approximate surface area is 247 Å². The van der Waals surface area contributed by atoms with E-state index in [-0.39, 0.29) is 33.0 Å². The number of ketones is 2. The number of rotatable bonds is 5. The number of nitro benzene ring substituents is 1. The van der Waals surface area contributed by atoms with Gasteiger partial charge in [0, 0.05) is 61.9 Å². The molecule has 0 N–H and O–H groups in total. The first kappa shape index (κ1) is 28.4. The van der Waals surface area contributed by atoms with Crippen LogP contribution in [0.2, 0.25) is 0 Å². The van der Waals surface area contributed by atoms with Gasteiger partial charge in [-0.05, 0) is 53.2 Å². The number of piperidine rings is 1. The standard InChI is InChI=1S/C35H40N2O5/c1-34(2)18-27(38)32-29(20-34)42-30-21-35(3,4)19-28(39)33(30)31(32)24-10-11-25(26(17-24)37(40)41)36-14-12-23(13-15-36)16-22-8-6-5-7-9-22/h5-11,17,23,31H,12-16,18-21H2,1-4H3. The van der Waals surface area contributed by atoms with Gasteiger partial charge >= 0.3 is 0 Å². The van der Waals surface area contributed by atoms with E-state index in [0.29, 0.717) is 65.5 Å². The third-order valence-corrected chi connectivity index (χ3v) is 9.43. The van der Waals surface area contributed by atoms with E-state index in [0.717, 1.165) is 32.4 Å². The van der Waals surface area contributed by atoms with Crippen LogP contribution < -0.4 is 4.90 Å². The minimum absolute atomic E-state index is 0.0250. The Morgan fingerprint density at radius 1 is 0.857 bits per heavy atom. The molecular formula is C35H40N2O5. The molecule has 2 aliphatic carbocycles. The summed E-state index contributed by atoms with van der Waals surface area (Å²) in [6, 6.07) is 15.8. The summed E-state index contributed by atoms with van der Waals surface area (Å²) in [4.78, 5) is 41.5. The molecule has 0 aromatic heterocycles. The summed E-state index contributed by atoms with van der Waals surface area (Å²) in [6.07, 6.45) is 4.84. The van der Waals surface area contributed by atoms with Crippen molar-refractivity contribution in [1.82, 2.24) is 0 Å².